The smallest absolute Gasteiger partial charge is 0.305 e. The second kappa shape index (κ2) is 8.94. The molecule has 9 atom stereocenters. The summed E-state index contributed by atoms with van der Waals surface area (Å²) in [5.74, 6) is 2.93. The Balaban J connectivity index is 1.67. The SMILES string of the molecule is CCOC(=O)CC[C@@H](C)[C@H]1CC[C@]2(N=O)[C@]1(C)CC[C@@H]1[C@@]3(C)CCCC[C@H]3[C@@H](CC)C[C@]12C. The first-order chi connectivity index (χ1) is 15.6. The third-order valence-corrected chi connectivity index (χ3v) is 12.1. The summed E-state index contributed by atoms with van der Waals surface area (Å²) >= 11 is 0. The van der Waals surface area contributed by atoms with Crippen LogP contribution in [0.5, 0.6) is 0 Å². The van der Waals surface area contributed by atoms with Crippen LogP contribution in [0.4, 0.5) is 0 Å². The van der Waals surface area contributed by atoms with Crippen molar-refractivity contribution in [3.8, 4) is 0 Å². The van der Waals surface area contributed by atoms with E-state index in [4.69, 9.17) is 4.74 Å². The summed E-state index contributed by atoms with van der Waals surface area (Å²) in [6.07, 6.45) is 13.6. The Morgan fingerprint density at radius 2 is 1.79 bits per heavy atom. The van der Waals surface area contributed by atoms with Gasteiger partial charge in [0, 0.05) is 11.8 Å². The molecule has 0 aromatic rings. The molecule has 0 N–H and O–H groups in total. The highest BCUT2D eigenvalue weighted by Gasteiger charge is 2.74. The average Bonchev–Trinajstić information content (AvgIpc) is 3.10. The Kier molecular flexibility index (Phi) is 6.82. The topological polar surface area (TPSA) is 55.7 Å². The van der Waals surface area contributed by atoms with Crippen LogP contribution >= 0.6 is 0 Å². The van der Waals surface area contributed by atoms with Crippen molar-refractivity contribution in [1.82, 2.24) is 0 Å². The normalized spacial score (nSPS) is 47.7. The van der Waals surface area contributed by atoms with Crippen LogP contribution in [0.3, 0.4) is 0 Å². The fourth-order valence-corrected chi connectivity index (χ4v) is 10.7. The van der Waals surface area contributed by atoms with Crippen LogP contribution in [0.2, 0.25) is 0 Å². The largest absolute Gasteiger partial charge is 0.466 e. The lowest BCUT2D eigenvalue weighted by Crippen LogP contribution is -2.68. The van der Waals surface area contributed by atoms with E-state index >= 15 is 0 Å². The van der Waals surface area contributed by atoms with Gasteiger partial charge in [-0.15, -0.1) is 0 Å². The Hall–Kier alpha value is -0.930. The third-order valence-electron chi connectivity index (χ3n) is 12.1. The number of rotatable bonds is 7. The number of nitroso groups, excluding NO2 is 1. The molecule has 0 spiro atoms. The fourth-order valence-electron chi connectivity index (χ4n) is 10.7. The minimum Gasteiger partial charge on any atom is -0.466 e. The number of hydrogen-bond acceptors (Lipinski definition) is 4. The molecule has 4 fully saturated rings. The Labute approximate surface area is 202 Å². The van der Waals surface area contributed by atoms with Crippen LogP contribution in [-0.2, 0) is 9.53 Å². The van der Waals surface area contributed by atoms with Gasteiger partial charge in [-0.05, 0) is 98.7 Å². The molecule has 33 heavy (non-hydrogen) atoms. The van der Waals surface area contributed by atoms with Gasteiger partial charge in [0.2, 0.25) is 0 Å². The highest BCUT2D eigenvalue weighted by atomic mass is 16.5. The molecule has 4 nitrogen and oxygen atoms in total. The Morgan fingerprint density at radius 1 is 1.03 bits per heavy atom. The molecule has 4 heteroatoms. The first kappa shape index (κ1) is 25.2. The highest BCUT2D eigenvalue weighted by molar-refractivity contribution is 5.69. The second-order valence-electron chi connectivity index (χ2n) is 13.1. The number of carbonyl (C=O) groups is 1. The highest BCUT2D eigenvalue weighted by Crippen LogP contribution is 2.76. The number of nitrogens with zero attached hydrogens (tertiary/aromatic N) is 1. The molecule has 4 aliphatic carbocycles. The maximum atomic E-state index is 13.1. The summed E-state index contributed by atoms with van der Waals surface area (Å²) in [7, 11) is 0. The molecule has 4 aliphatic rings. The van der Waals surface area contributed by atoms with Gasteiger partial charge >= 0.3 is 5.97 Å². The van der Waals surface area contributed by atoms with E-state index in [1.165, 1.54) is 44.9 Å². The summed E-state index contributed by atoms with van der Waals surface area (Å²) in [5.41, 5.74) is -0.186. The zero-order chi connectivity index (χ0) is 24.1. The van der Waals surface area contributed by atoms with Gasteiger partial charge in [0.15, 0.2) is 0 Å². The molecule has 0 radical (unpaired) electrons. The zero-order valence-electron chi connectivity index (χ0n) is 22.3. The summed E-state index contributed by atoms with van der Waals surface area (Å²) in [5, 5.41) is 4.22. The minimum absolute atomic E-state index is 0.0133. The average molecular weight is 460 g/mol. The molecule has 188 valence electrons. The summed E-state index contributed by atoms with van der Waals surface area (Å²) in [6, 6.07) is 0. The Morgan fingerprint density at radius 3 is 2.45 bits per heavy atom. The van der Waals surface area contributed by atoms with E-state index in [2.05, 4.69) is 39.8 Å². The van der Waals surface area contributed by atoms with Crippen molar-refractivity contribution in [2.75, 3.05) is 6.61 Å². The van der Waals surface area contributed by atoms with E-state index in [9.17, 15) is 9.70 Å². The quantitative estimate of drug-likeness (QED) is 0.287. The summed E-state index contributed by atoms with van der Waals surface area (Å²) in [4.78, 5) is 25.1. The molecule has 0 bridgehead atoms. The van der Waals surface area contributed by atoms with Crippen LogP contribution in [-0.4, -0.2) is 18.1 Å². The first-order valence-electron chi connectivity index (χ1n) is 14.1. The monoisotopic (exact) mass is 459 g/mol. The number of ether oxygens (including phenoxy) is 1. The van der Waals surface area contributed by atoms with Crippen LogP contribution in [0, 0.1) is 50.7 Å². The Bertz CT molecular complexity index is 753. The van der Waals surface area contributed by atoms with Crippen molar-refractivity contribution in [2.45, 2.75) is 124 Å². The van der Waals surface area contributed by atoms with Gasteiger partial charge in [0.25, 0.3) is 0 Å². The van der Waals surface area contributed by atoms with E-state index in [1.54, 1.807) is 0 Å². The maximum Gasteiger partial charge on any atom is 0.305 e. The van der Waals surface area contributed by atoms with Crippen molar-refractivity contribution < 1.29 is 9.53 Å². The van der Waals surface area contributed by atoms with Crippen molar-refractivity contribution in [1.29, 1.82) is 0 Å². The molecule has 0 amide bonds. The minimum atomic E-state index is -0.468. The molecule has 0 unspecified atom stereocenters. The number of carbonyl (C=O) groups excluding carboxylic acids is 1. The van der Waals surface area contributed by atoms with Crippen LogP contribution in [0.1, 0.15) is 119 Å². The predicted molar refractivity (Wildman–Crippen MR) is 134 cm³/mol. The van der Waals surface area contributed by atoms with E-state index in [-0.39, 0.29) is 16.8 Å². The van der Waals surface area contributed by atoms with Gasteiger partial charge in [-0.2, -0.15) is 4.91 Å². The number of esters is 1. The molecule has 0 heterocycles. The van der Waals surface area contributed by atoms with E-state index < -0.39 is 5.54 Å². The molecule has 4 saturated carbocycles. The molecule has 0 saturated heterocycles. The van der Waals surface area contributed by atoms with Crippen molar-refractivity contribution in [3.63, 3.8) is 0 Å². The number of fused-ring (bicyclic) bond motifs is 5. The van der Waals surface area contributed by atoms with Crippen LogP contribution < -0.4 is 0 Å². The van der Waals surface area contributed by atoms with Crippen molar-refractivity contribution in [2.24, 2.45) is 51.0 Å². The molecule has 0 aliphatic heterocycles. The molecule has 0 aromatic heterocycles. The van der Waals surface area contributed by atoms with Gasteiger partial charge < -0.3 is 4.74 Å². The van der Waals surface area contributed by atoms with Gasteiger partial charge in [0.1, 0.15) is 5.54 Å². The van der Waals surface area contributed by atoms with E-state index in [1.807, 2.05) is 6.92 Å². The van der Waals surface area contributed by atoms with Crippen molar-refractivity contribution in [3.05, 3.63) is 4.91 Å². The van der Waals surface area contributed by atoms with E-state index in [0.29, 0.717) is 36.2 Å². The molecular formula is C29H49NO3. The molecular weight excluding hydrogens is 410 g/mol. The summed E-state index contributed by atoms with van der Waals surface area (Å²) < 4.78 is 5.19. The van der Waals surface area contributed by atoms with Crippen LogP contribution in [0.25, 0.3) is 0 Å². The maximum absolute atomic E-state index is 13.1. The second-order valence-corrected chi connectivity index (χ2v) is 13.1. The zero-order valence-corrected chi connectivity index (χ0v) is 22.3. The third kappa shape index (κ3) is 3.46. The fraction of sp³-hybridized carbons (Fsp3) is 0.966. The number of hydrogen-bond donors (Lipinski definition) is 0. The first-order valence-corrected chi connectivity index (χ1v) is 14.1. The van der Waals surface area contributed by atoms with Gasteiger partial charge in [-0.25, -0.2) is 0 Å². The lowest BCUT2D eigenvalue weighted by atomic mass is 9.35. The molecule has 4 rings (SSSR count). The standard InChI is InChI=1S/C29H49NO3/c1-7-21-19-28(6)24(26(4)16-10-9-11-23(21)26)15-17-27(5)22(14-18-29(27,28)30-32)20(3)12-13-25(31)33-8-2/h20-24H,7-19H2,1-6H3/t20-,21+,22-,23+,24-,26+,27-,28-,29+/m1/s1. The van der Waals surface area contributed by atoms with E-state index in [0.717, 1.165) is 37.5 Å². The van der Waals surface area contributed by atoms with Gasteiger partial charge in [-0.1, -0.05) is 59.1 Å². The van der Waals surface area contributed by atoms with Crippen molar-refractivity contribution >= 4 is 5.97 Å². The lowest BCUT2D eigenvalue weighted by Gasteiger charge is -2.69. The molecule has 0 aromatic carbocycles. The summed E-state index contributed by atoms with van der Waals surface area (Å²) in [6.45, 7) is 14.5. The van der Waals surface area contributed by atoms with Gasteiger partial charge in [0.05, 0.1) is 6.61 Å². The van der Waals surface area contributed by atoms with Gasteiger partial charge in [-0.3, -0.25) is 4.79 Å². The lowest BCUT2D eigenvalue weighted by molar-refractivity contribution is -0.197. The predicted octanol–water partition coefficient (Wildman–Crippen LogP) is 7.93. The van der Waals surface area contributed by atoms with Crippen LogP contribution in [0.15, 0.2) is 5.18 Å².